The highest BCUT2D eigenvalue weighted by Crippen LogP contribution is 2.38. The highest BCUT2D eigenvalue weighted by atomic mass is 79.9. The van der Waals surface area contributed by atoms with Gasteiger partial charge in [-0.25, -0.2) is 0 Å². The standard InChI is InChI=1S/C25H37N3O2.C16H23NO3S.C15H20BrNO.C12H23N.C10H18N2O.C9H17NO.C9H13NO.C4H4O2.H2/c29-25-12-9-21(19-26-13-3-1-4-14-26)28(25)20-7-10-23(11-8-20)30-24-17-22(18-24)27-15-5-2-6-16-27;1-13-5-7-16(8-6-13)21(18,19)20-15-11-14(12-15)17-9-3-2-4-10-17;16-12-4-6-14(7-5-12)18-15-10-13(11-15)17-8-2-1-3-9-17;1-3-7-11(8-4-1)13-12-9-5-2-6-10-12;13-10-5-4-9(11-10)8-12-6-2-1-3-7-12;2*11-9-6-8(7-9)10-4-2-1-3-5-10;5-3-1-4(6)2-3;/h7-8,10-11,21-22,24H,1-6,9,12-19H2;5-8,14-15H,2-4,9-12H2,1H3;4-7,13,15H,1-3,8-11H2;11-13H,1-10H2;9H,1-8H2,(H,11,13);8-9,11H,1-7H2;6H,1-5,7H2;1,5H,2H2;1H/t21-,22?,24?;;;;9-;;;;/m0...0..../s1. The molecule has 123 heavy (non-hydrogen) atoms. The lowest BCUT2D eigenvalue weighted by molar-refractivity contribution is -0.725. The summed E-state index contributed by atoms with van der Waals surface area (Å²) in [5, 5.41) is 24.7. The molecular weight excluding hydrogens is 1630 g/mol. The van der Waals surface area contributed by atoms with Crippen molar-refractivity contribution in [1.29, 1.82) is 0 Å². The maximum absolute atomic E-state index is 12.6. The number of aliphatic hydroxyl groups is 1. The predicted octanol–water partition coefficient (Wildman–Crippen LogP) is 15.4. The van der Waals surface area contributed by atoms with Crippen molar-refractivity contribution in [2.45, 2.75) is 374 Å². The molecule has 3 aromatic carbocycles. The van der Waals surface area contributed by atoms with E-state index < -0.39 is 10.1 Å². The number of rotatable bonds is 19. The van der Waals surface area contributed by atoms with Gasteiger partial charge in [-0.05, 0) is 338 Å². The van der Waals surface area contributed by atoms with E-state index in [2.05, 4.69) is 85.1 Å². The fourth-order valence-corrected chi connectivity index (χ4v) is 22.7. The zero-order valence-electron chi connectivity index (χ0n) is 75.1. The number of hydrogen-bond donors (Lipinski definition) is 3. The van der Waals surface area contributed by atoms with E-state index in [4.69, 9.17) is 18.8 Å². The number of likely N-dealkylation sites (tertiary alicyclic amines) is 7. The van der Waals surface area contributed by atoms with E-state index in [1.165, 1.54) is 296 Å². The number of piperidine rings is 7. The van der Waals surface area contributed by atoms with Gasteiger partial charge in [0.15, 0.2) is 11.6 Å². The Morgan fingerprint density at radius 1 is 0.455 bits per heavy atom. The number of carbonyl (C=O) groups excluding carboxylic acids is 4. The quantitative estimate of drug-likeness (QED) is 0.0948. The van der Waals surface area contributed by atoms with Crippen LogP contribution in [-0.2, 0) is 33.5 Å². The molecule has 3 aromatic rings. The van der Waals surface area contributed by atoms with E-state index in [1.807, 2.05) is 36.1 Å². The van der Waals surface area contributed by atoms with Crippen molar-refractivity contribution in [3.63, 3.8) is 0 Å². The third-order valence-corrected chi connectivity index (χ3v) is 31.2. The summed E-state index contributed by atoms with van der Waals surface area (Å²) in [4.78, 5) is 64.1. The number of nitrogens with zero attached hydrogens (tertiary/aromatic N) is 8. The van der Waals surface area contributed by atoms with Gasteiger partial charge in [-0.2, -0.15) is 8.42 Å². The van der Waals surface area contributed by atoms with Crippen molar-refractivity contribution in [2.24, 2.45) is 0 Å². The fourth-order valence-electron chi connectivity index (χ4n) is 21.4. The van der Waals surface area contributed by atoms with Crippen LogP contribution in [0.25, 0.3) is 0 Å². The number of aliphatic hydroxyl groups excluding tert-OH is 1. The van der Waals surface area contributed by atoms with Gasteiger partial charge in [-0.1, -0.05) is 85.0 Å². The normalized spacial score (nSPS) is 29.3. The summed E-state index contributed by atoms with van der Waals surface area (Å²) in [6.45, 7) is 21.2. The molecule has 686 valence electrons. The third kappa shape index (κ3) is 31.2. The second-order valence-corrected chi connectivity index (χ2v) is 41.5. The summed E-state index contributed by atoms with van der Waals surface area (Å²) in [5.41, 5.74) is 3.35. The Hall–Kier alpha value is -5.31. The second-order valence-electron chi connectivity index (χ2n) is 39.0. The Bertz CT molecular complexity index is 3790. The summed E-state index contributed by atoms with van der Waals surface area (Å²) in [6, 6.07) is 28.8. The lowest BCUT2D eigenvalue weighted by Gasteiger charge is -2.44. The zero-order valence-corrected chi connectivity index (χ0v) is 77.5. The number of nitrogens with one attached hydrogen (secondary N) is 1. The summed E-state index contributed by atoms with van der Waals surface area (Å²) in [7, 11) is -3.61. The Labute approximate surface area is 749 Å². The minimum atomic E-state index is -3.61. The van der Waals surface area contributed by atoms with Crippen LogP contribution in [0.2, 0.25) is 0 Å². The van der Waals surface area contributed by atoms with E-state index in [0.29, 0.717) is 49.0 Å². The molecule has 0 bridgehead atoms. The predicted molar refractivity (Wildman–Crippen MR) is 493 cm³/mol. The summed E-state index contributed by atoms with van der Waals surface area (Å²) in [5.74, 6) is 2.67. The first kappa shape index (κ1) is 95.3. The number of nitrogens with two attached hydrogens (primary N) is 1. The monoisotopic (exact) mass is 1790 g/mol. The lowest BCUT2D eigenvalue weighted by atomic mass is 9.86. The second kappa shape index (κ2) is 50.0. The van der Waals surface area contributed by atoms with Crippen molar-refractivity contribution in [2.75, 3.05) is 110 Å². The molecule has 20 rings (SSSR count). The van der Waals surface area contributed by atoms with Crippen molar-refractivity contribution >= 4 is 55.1 Å². The third-order valence-electron chi connectivity index (χ3n) is 29.2. The SMILES string of the molecule is Brc1ccc(OC2CC(N3CCCCC3)C2)cc1.C1CCC([NH2+]C2CCCCC2)CC1.Cc1ccc(S(=O)(=O)OC2CC(N3CCCCC3)C2)cc1.O=C1C=C(N2CCCCC2)C1.O=C1C=C([O-])C1.O=C1CC[C@@H](CN2CCCCC2)N1.O=C1CC[C@@H](CN2CCCCC2)N1c1ccc(OC2CC(N3CCCCC3)C2)cc1.OC1CC(N2CCCCC2)C1.[HH]. The van der Waals surface area contributed by atoms with Gasteiger partial charge in [0.2, 0.25) is 11.8 Å². The molecule has 17 aliphatic rings. The van der Waals surface area contributed by atoms with Gasteiger partial charge >= 0.3 is 0 Å². The first-order valence-corrected chi connectivity index (χ1v) is 51.8. The molecule has 4 N–H and O–H groups in total. The molecule has 8 aliphatic carbocycles. The molecule has 23 heteroatoms. The number of quaternary nitrogens is 1. The van der Waals surface area contributed by atoms with E-state index in [9.17, 15) is 32.7 Å². The van der Waals surface area contributed by atoms with Crippen LogP contribution in [-0.4, -0.2) is 249 Å². The number of ketones is 2. The van der Waals surface area contributed by atoms with Crippen LogP contribution in [0.5, 0.6) is 11.5 Å². The lowest BCUT2D eigenvalue weighted by Crippen LogP contribution is -2.95. The Kier molecular flexibility index (Phi) is 38.8. The van der Waals surface area contributed by atoms with E-state index in [0.717, 1.165) is 147 Å². The van der Waals surface area contributed by atoms with Gasteiger partial charge in [-0.3, -0.25) is 23.4 Å². The number of benzene rings is 3. The van der Waals surface area contributed by atoms with Crippen LogP contribution in [0, 0.1) is 6.92 Å². The van der Waals surface area contributed by atoms with Crippen LogP contribution in [0.15, 0.2) is 106 Å². The van der Waals surface area contributed by atoms with Crippen LogP contribution in [0.1, 0.15) is 296 Å². The smallest absolute Gasteiger partial charge is 0.297 e. The van der Waals surface area contributed by atoms with Gasteiger partial charge in [-0.15, -0.1) is 5.76 Å². The summed E-state index contributed by atoms with van der Waals surface area (Å²) in [6.07, 6.45) is 59.5. The average molecular weight is 1790 g/mol. The molecule has 0 aromatic heterocycles. The van der Waals surface area contributed by atoms with Crippen molar-refractivity contribution in [3.8, 4) is 11.5 Å². The fraction of sp³-hybridized carbons (Fsp3) is 0.740. The maximum Gasteiger partial charge on any atom is 0.297 e. The number of allylic oxidation sites excluding steroid dienone is 4. The van der Waals surface area contributed by atoms with Gasteiger partial charge < -0.3 is 69.5 Å². The number of halogens is 1. The van der Waals surface area contributed by atoms with Crippen LogP contribution in [0.3, 0.4) is 0 Å². The number of carbonyl (C=O) groups is 4. The molecule has 9 heterocycles. The Morgan fingerprint density at radius 3 is 1.24 bits per heavy atom. The van der Waals surface area contributed by atoms with Gasteiger partial charge in [0.1, 0.15) is 23.7 Å². The van der Waals surface area contributed by atoms with Gasteiger partial charge in [0, 0.05) is 125 Å². The first-order chi connectivity index (χ1) is 59.9. The molecule has 21 nitrogen and oxygen atoms in total. The molecule has 2 atom stereocenters. The van der Waals surface area contributed by atoms with Crippen LogP contribution < -0.4 is 30.1 Å². The summed E-state index contributed by atoms with van der Waals surface area (Å²) < 4.78 is 43.1. The van der Waals surface area contributed by atoms with Crippen molar-refractivity contribution < 1.29 is 58.2 Å². The first-order valence-electron chi connectivity index (χ1n) is 49.6. The van der Waals surface area contributed by atoms with Crippen molar-refractivity contribution in [1.82, 2.24) is 39.6 Å². The molecule has 9 saturated heterocycles. The van der Waals surface area contributed by atoms with E-state index in [1.54, 1.807) is 30.3 Å². The Morgan fingerprint density at radius 2 is 0.846 bits per heavy atom. The van der Waals surface area contributed by atoms with E-state index in [-0.39, 0.29) is 48.3 Å². The summed E-state index contributed by atoms with van der Waals surface area (Å²) >= 11 is 3.44. The molecule has 2 amide bonds. The number of ether oxygens (including phenoxy) is 2. The number of amides is 2. The molecule has 0 unspecified atom stereocenters. The molecular formula is C100H157BrN10O11S. The van der Waals surface area contributed by atoms with Crippen LogP contribution in [0.4, 0.5) is 5.69 Å². The number of hydrogen-bond acceptors (Lipinski definition) is 18. The largest absolute Gasteiger partial charge is 0.875 e. The topological polar surface area (TPSA) is 228 Å². The van der Waals surface area contributed by atoms with Gasteiger partial charge in [0.05, 0.1) is 41.6 Å². The Balaban J connectivity index is 0.000000134. The zero-order chi connectivity index (χ0) is 85.5. The van der Waals surface area contributed by atoms with Gasteiger partial charge in [0.25, 0.3) is 10.1 Å². The molecule has 0 radical (unpaired) electrons. The molecule has 15 fully saturated rings. The van der Waals surface area contributed by atoms with Crippen molar-refractivity contribution in [3.05, 3.63) is 106 Å². The molecule has 6 saturated carbocycles. The molecule has 0 spiro atoms. The number of aryl methyl sites for hydroxylation is 1. The number of anilines is 1. The minimum absolute atomic E-state index is 0. The van der Waals surface area contributed by atoms with Crippen LogP contribution >= 0.6 is 15.9 Å². The highest BCUT2D eigenvalue weighted by molar-refractivity contribution is 9.10. The van der Waals surface area contributed by atoms with E-state index >= 15 is 0 Å². The minimum Gasteiger partial charge on any atom is -0.875 e. The average Bonchev–Trinajstić information content (AvgIpc) is 1.70. The highest BCUT2D eigenvalue weighted by Gasteiger charge is 2.41. The maximum atomic E-state index is 12.6. The molecule has 9 aliphatic heterocycles.